The number of thioether (sulfide) groups is 1. The Labute approximate surface area is 366 Å². The first kappa shape index (κ1) is 54.4. The van der Waals surface area contributed by atoms with Crippen LogP contribution in [0.3, 0.4) is 0 Å². The fraction of sp³-hybridized carbons (Fsp3) is 0.932. The van der Waals surface area contributed by atoms with E-state index in [1.165, 1.54) is 70.6 Å². The highest BCUT2D eigenvalue weighted by atomic mass is 32.2. The maximum Gasteiger partial charge on any atom is 0.315 e. The summed E-state index contributed by atoms with van der Waals surface area (Å²) < 4.78 is 44.2. The van der Waals surface area contributed by atoms with E-state index < -0.39 is 0 Å². The Balaban J connectivity index is 1.15. The Bertz CT molecular complexity index is 1020. The third-order valence-corrected chi connectivity index (χ3v) is 11.8. The van der Waals surface area contributed by atoms with Crippen molar-refractivity contribution in [2.45, 2.75) is 140 Å². The van der Waals surface area contributed by atoms with E-state index in [1.807, 2.05) is 11.8 Å². The minimum Gasteiger partial charge on any atom is -0.377 e. The Morgan fingerprint density at radius 1 is 0.500 bits per heavy atom. The summed E-state index contributed by atoms with van der Waals surface area (Å²) in [5, 5.41) is 12.2. The normalized spacial score (nSPS) is 17.1. The van der Waals surface area contributed by atoms with Gasteiger partial charge in [0.1, 0.15) is 0 Å². The highest BCUT2D eigenvalue weighted by Gasteiger charge is 2.42. The molecule has 2 fully saturated rings. The molecule has 3 atom stereocenters. The molecular formula is C44H84N4O11S. The van der Waals surface area contributed by atoms with Crippen LogP contribution in [-0.4, -0.2) is 160 Å². The zero-order chi connectivity index (χ0) is 42.8. The Hall–Kier alpha value is -1.76. The molecule has 0 unspecified atom stereocenters. The van der Waals surface area contributed by atoms with Gasteiger partial charge in [-0.05, 0) is 19.3 Å². The van der Waals surface area contributed by atoms with Crippen molar-refractivity contribution in [1.29, 1.82) is 0 Å². The van der Waals surface area contributed by atoms with E-state index in [0.717, 1.165) is 37.9 Å². The van der Waals surface area contributed by atoms with Gasteiger partial charge < -0.3 is 59.2 Å². The third-order valence-electron chi connectivity index (χ3n) is 10.3. The van der Waals surface area contributed by atoms with Gasteiger partial charge in [-0.25, -0.2) is 4.79 Å². The van der Waals surface area contributed by atoms with Gasteiger partial charge in [-0.3, -0.25) is 9.59 Å². The van der Waals surface area contributed by atoms with Gasteiger partial charge in [-0.15, -0.1) is 0 Å². The molecule has 4 N–H and O–H groups in total. The molecule has 16 heteroatoms. The molecule has 0 saturated carbocycles. The van der Waals surface area contributed by atoms with Crippen molar-refractivity contribution in [2.24, 2.45) is 0 Å². The van der Waals surface area contributed by atoms with E-state index in [9.17, 15) is 14.4 Å². The number of hydrogen-bond donors (Lipinski definition) is 4. The smallest absolute Gasteiger partial charge is 0.315 e. The van der Waals surface area contributed by atoms with Crippen molar-refractivity contribution in [2.75, 3.05) is 125 Å². The van der Waals surface area contributed by atoms with Crippen LogP contribution in [0.5, 0.6) is 0 Å². The summed E-state index contributed by atoms with van der Waals surface area (Å²) in [6.07, 6.45) is 20.9. The number of ether oxygens (including phenoxy) is 8. The van der Waals surface area contributed by atoms with Gasteiger partial charge in [0.05, 0.1) is 118 Å². The van der Waals surface area contributed by atoms with Gasteiger partial charge in [-0.2, -0.15) is 11.8 Å². The molecular weight excluding hydrogens is 793 g/mol. The molecule has 0 radical (unpaired) electrons. The number of hydrogen-bond acceptors (Lipinski definition) is 12. The highest BCUT2D eigenvalue weighted by molar-refractivity contribution is 8.00. The second-order valence-electron chi connectivity index (χ2n) is 15.5. The van der Waals surface area contributed by atoms with E-state index in [0.29, 0.717) is 137 Å². The molecule has 2 aliphatic rings. The molecule has 0 aromatic heterocycles. The van der Waals surface area contributed by atoms with Gasteiger partial charge >= 0.3 is 6.03 Å². The first-order chi connectivity index (χ1) is 29.6. The van der Waals surface area contributed by atoms with Crippen LogP contribution in [-0.2, 0) is 47.5 Å². The Morgan fingerprint density at radius 2 is 0.850 bits per heavy atom. The lowest BCUT2D eigenvalue weighted by atomic mass is 10.0. The molecule has 0 aromatic carbocycles. The van der Waals surface area contributed by atoms with Crippen LogP contribution in [0.25, 0.3) is 0 Å². The molecule has 2 heterocycles. The summed E-state index contributed by atoms with van der Waals surface area (Å²) in [6.45, 7) is 11.0. The molecule has 0 aliphatic carbocycles. The molecule has 352 valence electrons. The standard InChI is InChI=1S/C44H84N4O11S/c1-2-3-4-5-6-7-8-9-10-11-12-13-14-18-41(49)45-20-22-52-24-26-54-28-30-56-32-34-58-36-37-59-35-33-57-31-29-55-27-25-53-23-21-46-42(50)19-16-15-17-40-43-39(38-60-40)47-44(51)48-43/h39-40,43H,2-38H2,1H3,(H,45,49)(H,46,50)(H2,47,48,51)/t39-,40-,43-/m0/s1. The second kappa shape index (κ2) is 41.3. The molecule has 2 rings (SSSR count). The predicted molar refractivity (Wildman–Crippen MR) is 237 cm³/mol. The number of urea groups is 1. The minimum absolute atomic E-state index is 0.0444. The summed E-state index contributed by atoms with van der Waals surface area (Å²) in [5.41, 5.74) is 0. The van der Waals surface area contributed by atoms with Gasteiger partial charge in [0, 0.05) is 36.9 Å². The first-order valence-electron chi connectivity index (χ1n) is 23.4. The number of amides is 4. The highest BCUT2D eigenvalue weighted by Crippen LogP contribution is 2.33. The van der Waals surface area contributed by atoms with Crippen LogP contribution in [0.15, 0.2) is 0 Å². The monoisotopic (exact) mass is 877 g/mol. The van der Waals surface area contributed by atoms with Crippen LogP contribution in [0.4, 0.5) is 4.79 Å². The van der Waals surface area contributed by atoms with Crippen molar-refractivity contribution in [3.63, 3.8) is 0 Å². The fourth-order valence-electron chi connectivity index (χ4n) is 6.92. The lowest BCUT2D eigenvalue weighted by molar-refractivity contribution is -0.122. The van der Waals surface area contributed by atoms with E-state index >= 15 is 0 Å². The summed E-state index contributed by atoms with van der Waals surface area (Å²) in [7, 11) is 0. The average Bonchev–Trinajstić information content (AvgIpc) is 3.81. The average molecular weight is 877 g/mol. The van der Waals surface area contributed by atoms with Crippen molar-refractivity contribution < 1.29 is 52.3 Å². The van der Waals surface area contributed by atoms with E-state index in [4.69, 9.17) is 37.9 Å². The van der Waals surface area contributed by atoms with E-state index in [-0.39, 0.29) is 29.9 Å². The first-order valence-corrected chi connectivity index (χ1v) is 24.5. The van der Waals surface area contributed by atoms with Crippen LogP contribution in [0, 0.1) is 0 Å². The van der Waals surface area contributed by atoms with Crippen LogP contribution < -0.4 is 21.3 Å². The van der Waals surface area contributed by atoms with Crippen LogP contribution >= 0.6 is 11.8 Å². The topological polar surface area (TPSA) is 173 Å². The Morgan fingerprint density at radius 3 is 1.25 bits per heavy atom. The zero-order valence-electron chi connectivity index (χ0n) is 37.3. The maximum absolute atomic E-state index is 12.1. The summed E-state index contributed by atoms with van der Waals surface area (Å²) in [5.74, 6) is 1.12. The minimum atomic E-state index is -0.0597. The van der Waals surface area contributed by atoms with Crippen molar-refractivity contribution in [1.82, 2.24) is 21.3 Å². The number of carbonyl (C=O) groups is 3. The summed E-state index contributed by atoms with van der Waals surface area (Å²) >= 11 is 1.90. The Kier molecular flexibility index (Phi) is 37.4. The van der Waals surface area contributed by atoms with E-state index in [1.54, 1.807) is 0 Å². The third kappa shape index (κ3) is 32.9. The maximum atomic E-state index is 12.1. The van der Waals surface area contributed by atoms with Gasteiger partial charge in [0.2, 0.25) is 11.8 Å². The summed E-state index contributed by atoms with van der Waals surface area (Å²) in [4.78, 5) is 35.5. The zero-order valence-corrected chi connectivity index (χ0v) is 38.1. The fourth-order valence-corrected chi connectivity index (χ4v) is 8.46. The molecule has 0 spiro atoms. The number of carbonyl (C=O) groups excluding carboxylic acids is 3. The van der Waals surface area contributed by atoms with Crippen molar-refractivity contribution in [3.05, 3.63) is 0 Å². The molecule has 0 aromatic rings. The lowest BCUT2D eigenvalue weighted by Gasteiger charge is -2.16. The van der Waals surface area contributed by atoms with Gasteiger partial charge in [0.25, 0.3) is 0 Å². The molecule has 15 nitrogen and oxygen atoms in total. The largest absolute Gasteiger partial charge is 0.377 e. The number of rotatable bonds is 46. The number of nitrogens with one attached hydrogen (secondary N) is 4. The number of unbranched alkanes of at least 4 members (excludes halogenated alkanes) is 13. The summed E-state index contributed by atoms with van der Waals surface area (Å²) in [6, 6.07) is 0.408. The van der Waals surface area contributed by atoms with Crippen LogP contribution in [0.1, 0.15) is 122 Å². The van der Waals surface area contributed by atoms with Gasteiger partial charge in [-0.1, -0.05) is 90.4 Å². The van der Waals surface area contributed by atoms with Crippen molar-refractivity contribution in [3.8, 4) is 0 Å². The van der Waals surface area contributed by atoms with Crippen molar-refractivity contribution >= 4 is 29.6 Å². The number of fused-ring (bicyclic) bond motifs is 1. The van der Waals surface area contributed by atoms with Gasteiger partial charge in [0.15, 0.2) is 0 Å². The second-order valence-corrected chi connectivity index (χ2v) is 16.7. The predicted octanol–water partition coefficient (Wildman–Crippen LogP) is 5.56. The molecule has 2 aliphatic heterocycles. The SMILES string of the molecule is CCCCCCCCCCCCCCCC(=O)NCCOCCOCCOCCOCCOCCOCCOCCOCCNC(=O)CCCC[C@@H]1SC[C@@H]2NC(=O)N[C@@H]21. The molecule has 4 amide bonds. The molecule has 60 heavy (non-hydrogen) atoms. The quantitative estimate of drug-likeness (QED) is 0.0444. The van der Waals surface area contributed by atoms with Crippen LogP contribution in [0.2, 0.25) is 0 Å². The van der Waals surface area contributed by atoms with E-state index in [2.05, 4.69) is 28.2 Å². The lowest BCUT2D eigenvalue weighted by Crippen LogP contribution is -2.36. The molecule has 2 saturated heterocycles. The molecule has 0 bridgehead atoms.